The van der Waals surface area contributed by atoms with Crippen LogP contribution in [0, 0.1) is 5.92 Å². The first kappa shape index (κ1) is 29.8. The Bertz CT molecular complexity index is 1200. The van der Waals surface area contributed by atoms with E-state index >= 15 is 0 Å². The Hall–Kier alpha value is -3.80. The number of benzene rings is 3. The van der Waals surface area contributed by atoms with Gasteiger partial charge in [0.05, 0.1) is 7.11 Å². The number of methoxy groups -OCH3 is 1. The van der Waals surface area contributed by atoms with E-state index in [9.17, 15) is 9.59 Å². The number of nitrogens with zero attached hydrogens (tertiary/aromatic N) is 1. The van der Waals surface area contributed by atoms with Crippen LogP contribution in [0.3, 0.4) is 0 Å². The molecule has 208 valence electrons. The summed E-state index contributed by atoms with van der Waals surface area (Å²) < 4.78 is 11.3. The first-order valence-electron chi connectivity index (χ1n) is 13.5. The van der Waals surface area contributed by atoms with Gasteiger partial charge in [-0.1, -0.05) is 89.2 Å². The van der Waals surface area contributed by atoms with Gasteiger partial charge in [-0.15, -0.1) is 0 Å². The molecule has 0 spiro atoms. The molecule has 0 aliphatic heterocycles. The average molecular weight is 531 g/mol. The molecule has 0 saturated heterocycles. The maximum atomic E-state index is 13.8. The van der Waals surface area contributed by atoms with E-state index in [1.165, 1.54) is 5.56 Å². The van der Waals surface area contributed by atoms with Gasteiger partial charge in [-0.25, -0.2) is 0 Å². The van der Waals surface area contributed by atoms with Gasteiger partial charge in [0.2, 0.25) is 5.91 Å². The number of amides is 2. The van der Waals surface area contributed by atoms with E-state index < -0.39 is 6.04 Å². The monoisotopic (exact) mass is 530 g/mol. The summed E-state index contributed by atoms with van der Waals surface area (Å²) in [5.74, 6) is 1.14. The lowest BCUT2D eigenvalue weighted by Crippen LogP contribution is -2.52. The average Bonchev–Trinajstić information content (AvgIpc) is 2.92. The van der Waals surface area contributed by atoms with Crippen LogP contribution >= 0.6 is 0 Å². The zero-order valence-electron chi connectivity index (χ0n) is 24.1. The number of rotatable bonds is 12. The molecule has 6 heteroatoms. The molecule has 3 aromatic rings. The Morgan fingerprint density at radius 2 is 1.54 bits per heavy atom. The molecule has 0 saturated carbocycles. The first-order valence-corrected chi connectivity index (χ1v) is 13.5. The largest absolute Gasteiger partial charge is 0.497 e. The van der Waals surface area contributed by atoms with Crippen molar-refractivity contribution < 1.29 is 19.1 Å². The van der Waals surface area contributed by atoms with Crippen LogP contribution in [0.15, 0.2) is 78.9 Å². The third kappa shape index (κ3) is 9.17. The van der Waals surface area contributed by atoms with E-state index in [2.05, 4.69) is 26.1 Å². The van der Waals surface area contributed by atoms with Crippen molar-refractivity contribution in [3.05, 3.63) is 95.6 Å². The topological polar surface area (TPSA) is 67.9 Å². The second kappa shape index (κ2) is 13.8. The third-order valence-electron chi connectivity index (χ3n) is 6.53. The smallest absolute Gasteiger partial charge is 0.261 e. The van der Waals surface area contributed by atoms with E-state index in [1.807, 2.05) is 92.7 Å². The molecule has 0 fully saturated rings. The summed E-state index contributed by atoms with van der Waals surface area (Å²) in [4.78, 5) is 28.9. The molecule has 1 N–H and O–H groups in total. The molecular weight excluding hydrogens is 488 g/mol. The van der Waals surface area contributed by atoms with Crippen LogP contribution in [0.1, 0.15) is 51.3 Å². The van der Waals surface area contributed by atoms with Gasteiger partial charge in [0, 0.05) is 19.5 Å². The lowest BCUT2D eigenvalue weighted by Gasteiger charge is -2.32. The Morgan fingerprint density at radius 3 is 2.15 bits per heavy atom. The number of ether oxygens (including phenoxy) is 2. The molecule has 39 heavy (non-hydrogen) atoms. The van der Waals surface area contributed by atoms with E-state index in [0.29, 0.717) is 24.5 Å². The summed E-state index contributed by atoms with van der Waals surface area (Å²) in [6.07, 6.45) is 0.390. The Morgan fingerprint density at radius 1 is 0.872 bits per heavy atom. The van der Waals surface area contributed by atoms with Gasteiger partial charge in [-0.2, -0.15) is 0 Å². The first-order chi connectivity index (χ1) is 18.6. The normalized spacial score (nSPS) is 12.1. The van der Waals surface area contributed by atoms with Crippen LogP contribution < -0.4 is 14.8 Å². The van der Waals surface area contributed by atoms with Crippen LogP contribution in [0.4, 0.5) is 0 Å². The van der Waals surface area contributed by atoms with Crippen LogP contribution in [0.5, 0.6) is 11.5 Å². The molecule has 1 unspecified atom stereocenters. The lowest BCUT2D eigenvalue weighted by molar-refractivity contribution is -0.142. The quantitative estimate of drug-likeness (QED) is 0.322. The van der Waals surface area contributed by atoms with Gasteiger partial charge < -0.3 is 19.7 Å². The number of hydrogen-bond donors (Lipinski definition) is 1. The Balaban J connectivity index is 1.89. The van der Waals surface area contributed by atoms with Crippen LogP contribution in [0.2, 0.25) is 0 Å². The van der Waals surface area contributed by atoms with Gasteiger partial charge in [0.25, 0.3) is 5.91 Å². The van der Waals surface area contributed by atoms with E-state index in [4.69, 9.17) is 9.47 Å². The minimum Gasteiger partial charge on any atom is -0.497 e. The van der Waals surface area contributed by atoms with Crippen molar-refractivity contribution in [2.24, 2.45) is 5.92 Å². The number of nitrogens with one attached hydrogen (secondary N) is 1. The molecule has 0 bridgehead atoms. The van der Waals surface area contributed by atoms with E-state index in [0.717, 1.165) is 11.1 Å². The van der Waals surface area contributed by atoms with Gasteiger partial charge in [-0.05, 0) is 52.3 Å². The second-order valence-corrected chi connectivity index (χ2v) is 11.3. The van der Waals surface area contributed by atoms with Crippen LogP contribution in [-0.4, -0.2) is 43.0 Å². The summed E-state index contributed by atoms with van der Waals surface area (Å²) in [5, 5.41) is 3.04. The van der Waals surface area contributed by atoms with E-state index in [-0.39, 0.29) is 36.3 Å². The Labute approximate surface area is 233 Å². The number of carbonyl (C=O) groups is 2. The lowest BCUT2D eigenvalue weighted by atomic mass is 9.87. The molecule has 2 amide bonds. The summed E-state index contributed by atoms with van der Waals surface area (Å²) in [6.45, 7) is 11.1. The molecule has 3 aromatic carbocycles. The standard InChI is InChI=1S/C33H42N2O4/c1-24(2)21-34-32(37)30(20-25-11-8-7-9-12-25)35(22-26-13-10-14-29(19-26)38-6)31(36)23-39-28-17-15-27(16-18-28)33(3,4)5/h7-19,24,30H,20-23H2,1-6H3,(H,34,37). The molecule has 0 aromatic heterocycles. The van der Waals surface area contributed by atoms with Crippen molar-refractivity contribution in [1.29, 1.82) is 0 Å². The van der Waals surface area contributed by atoms with Crippen LogP contribution in [0.25, 0.3) is 0 Å². The summed E-state index contributed by atoms with van der Waals surface area (Å²) in [5.41, 5.74) is 3.05. The van der Waals surface area contributed by atoms with Crippen molar-refractivity contribution in [2.75, 3.05) is 20.3 Å². The van der Waals surface area contributed by atoms with Gasteiger partial charge in [-0.3, -0.25) is 9.59 Å². The van der Waals surface area contributed by atoms with Crippen molar-refractivity contribution in [3.8, 4) is 11.5 Å². The molecule has 3 rings (SSSR count). The highest BCUT2D eigenvalue weighted by atomic mass is 16.5. The minimum absolute atomic E-state index is 0.0237. The number of hydrogen-bond acceptors (Lipinski definition) is 4. The summed E-state index contributed by atoms with van der Waals surface area (Å²) in [6, 6.07) is 24.4. The fourth-order valence-corrected chi connectivity index (χ4v) is 4.22. The van der Waals surface area contributed by atoms with Gasteiger partial charge >= 0.3 is 0 Å². The molecule has 0 radical (unpaired) electrons. The Kier molecular flexibility index (Phi) is 10.6. The molecule has 0 aliphatic carbocycles. The van der Waals surface area contributed by atoms with Crippen molar-refractivity contribution >= 4 is 11.8 Å². The summed E-state index contributed by atoms with van der Waals surface area (Å²) in [7, 11) is 1.61. The maximum absolute atomic E-state index is 13.8. The van der Waals surface area contributed by atoms with Gasteiger partial charge in [0.15, 0.2) is 6.61 Å². The predicted octanol–water partition coefficient (Wildman–Crippen LogP) is 5.78. The zero-order chi connectivity index (χ0) is 28.4. The summed E-state index contributed by atoms with van der Waals surface area (Å²) >= 11 is 0. The SMILES string of the molecule is COc1cccc(CN(C(=O)COc2ccc(C(C)(C)C)cc2)C(Cc2ccccc2)C(=O)NCC(C)C)c1. The highest BCUT2D eigenvalue weighted by Gasteiger charge is 2.31. The van der Waals surface area contributed by atoms with Crippen LogP contribution in [-0.2, 0) is 28.0 Å². The van der Waals surface area contributed by atoms with E-state index in [1.54, 1.807) is 12.0 Å². The molecule has 0 heterocycles. The highest BCUT2D eigenvalue weighted by Crippen LogP contribution is 2.24. The van der Waals surface area contributed by atoms with Gasteiger partial charge in [0.1, 0.15) is 17.5 Å². The third-order valence-corrected chi connectivity index (χ3v) is 6.53. The fourth-order valence-electron chi connectivity index (χ4n) is 4.22. The second-order valence-electron chi connectivity index (χ2n) is 11.3. The van der Waals surface area contributed by atoms with Crippen molar-refractivity contribution in [3.63, 3.8) is 0 Å². The highest BCUT2D eigenvalue weighted by molar-refractivity contribution is 5.88. The molecule has 0 aliphatic rings. The number of carbonyl (C=O) groups excluding carboxylic acids is 2. The molecule has 1 atom stereocenters. The molecule has 6 nitrogen and oxygen atoms in total. The van der Waals surface area contributed by atoms with Crippen molar-refractivity contribution in [1.82, 2.24) is 10.2 Å². The fraction of sp³-hybridized carbons (Fsp3) is 0.394. The predicted molar refractivity (Wildman–Crippen MR) is 156 cm³/mol. The zero-order valence-corrected chi connectivity index (χ0v) is 24.1. The maximum Gasteiger partial charge on any atom is 0.261 e. The molecular formula is C33H42N2O4. The minimum atomic E-state index is -0.711. The van der Waals surface area contributed by atoms with Crippen molar-refractivity contribution in [2.45, 2.75) is 59.0 Å².